The highest BCUT2D eigenvalue weighted by molar-refractivity contribution is 14.0. The summed E-state index contributed by atoms with van der Waals surface area (Å²) in [6.07, 6.45) is 5.59. The fraction of sp³-hybridized carbons (Fsp3) is 0.688. The van der Waals surface area contributed by atoms with Gasteiger partial charge in [-0.05, 0) is 42.1 Å². The molecule has 1 N–H and O–H groups in total. The number of piperazine rings is 1. The molecule has 7 nitrogen and oxygen atoms in total. The molecule has 1 aliphatic heterocycles. The smallest absolute Gasteiger partial charge is 0.232 e. The van der Waals surface area contributed by atoms with E-state index in [-0.39, 0.29) is 24.0 Å². The van der Waals surface area contributed by atoms with Crippen LogP contribution in [0.15, 0.2) is 15.7 Å². The second-order valence-electron chi connectivity index (χ2n) is 6.07. The molecule has 1 saturated carbocycles. The lowest BCUT2D eigenvalue weighted by Crippen LogP contribution is -2.55. The number of rotatable bonds is 4. The summed E-state index contributed by atoms with van der Waals surface area (Å²) in [4.78, 5) is 18.1. The van der Waals surface area contributed by atoms with Crippen molar-refractivity contribution < 1.29 is 4.74 Å². The summed E-state index contributed by atoms with van der Waals surface area (Å²) in [7, 11) is 1.62. The average molecular weight is 525 g/mol. The molecule has 0 unspecified atom stereocenters. The lowest BCUT2D eigenvalue weighted by atomic mass is 9.93. The summed E-state index contributed by atoms with van der Waals surface area (Å²) in [6.45, 7) is 6.48. The molecule has 0 bridgehead atoms. The van der Waals surface area contributed by atoms with Crippen molar-refractivity contribution in [2.75, 3.05) is 44.7 Å². The van der Waals surface area contributed by atoms with Gasteiger partial charge >= 0.3 is 0 Å². The number of guanidine groups is 1. The highest BCUT2D eigenvalue weighted by Gasteiger charge is 2.25. The highest BCUT2D eigenvalue weighted by atomic mass is 127. The summed E-state index contributed by atoms with van der Waals surface area (Å²) in [5.41, 5.74) is 0. The first-order valence-electron chi connectivity index (χ1n) is 8.58. The van der Waals surface area contributed by atoms with Gasteiger partial charge in [0.05, 0.1) is 17.8 Å². The molecule has 2 fully saturated rings. The van der Waals surface area contributed by atoms with Crippen molar-refractivity contribution in [1.29, 1.82) is 0 Å². The Morgan fingerprint density at radius 3 is 2.64 bits per heavy atom. The maximum absolute atomic E-state index is 5.27. The fourth-order valence-corrected chi connectivity index (χ4v) is 3.23. The van der Waals surface area contributed by atoms with Gasteiger partial charge in [-0.3, -0.25) is 4.99 Å². The van der Waals surface area contributed by atoms with Crippen molar-refractivity contribution in [3.63, 3.8) is 0 Å². The molecule has 9 heteroatoms. The third-order valence-corrected chi connectivity index (χ3v) is 5.04. The number of ether oxygens (including phenoxy) is 1. The first-order valence-corrected chi connectivity index (χ1v) is 9.38. The van der Waals surface area contributed by atoms with E-state index in [2.05, 4.69) is 52.9 Å². The number of nitrogens with one attached hydrogen (secondary N) is 1. The van der Waals surface area contributed by atoms with E-state index in [1.165, 1.54) is 19.3 Å². The van der Waals surface area contributed by atoms with Gasteiger partial charge < -0.3 is 19.9 Å². The second-order valence-corrected chi connectivity index (χ2v) is 6.93. The molecular weight excluding hydrogens is 499 g/mol. The van der Waals surface area contributed by atoms with E-state index >= 15 is 0 Å². The quantitative estimate of drug-likeness (QED) is 0.371. The minimum atomic E-state index is 0. The number of aliphatic imine (C=N–C) groups is 1. The Kier molecular flexibility index (Phi) is 7.98. The van der Waals surface area contributed by atoms with Crippen molar-refractivity contribution in [2.24, 2.45) is 4.99 Å². The Bertz CT molecular complexity index is 590. The molecule has 1 aromatic rings. The lowest BCUT2D eigenvalue weighted by Gasteiger charge is -2.39. The molecule has 1 aromatic heterocycles. The average Bonchev–Trinajstić information content (AvgIpc) is 2.57. The van der Waals surface area contributed by atoms with Gasteiger partial charge in [0, 0.05) is 38.8 Å². The molecule has 0 amide bonds. The molecule has 25 heavy (non-hydrogen) atoms. The summed E-state index contributed by atoms with van der Waals surface area (Å²) in [6, 6.07) is 0.604. The molecular formula is C16H26BrIN6O. The molecule has 0 aromatic carbocycles. The van der Waals surface area contributed by atoms with Crippen LogP contribution >= 0.6 is 39.9 Å². The van der Waals surface area contributed by atoms with Gasteiger partial charge in [0.25, 0.3) is 0 Å². The Hall–Kier alpha value is -0.840. The number of anilines is 1. The molecule has 3 rings (SSSR count). The molecule has 2 heterocycles. The molecule has 2 aliphatic rings. The first kappa shape index (κ1) is 20.5. The molecule has 1 aliphatic carbocycles. The van der Waals surface area contributed by atoms with Gasteiger partial charge in [-0.15, -0.1) is 24.0 Å². The zero-order chi connectivity index (χ0) is 16.9. The van der Waals surface area contributed by atoms with Crippen LogP contribution in [0.1, 0.15) is 26.2 Å². The Morgan fingerprint density at radius 1 is 1.36 bits per heavy atom. The maximum atomic E-state index is 5.27. The highest BCUT2D eigenvalue weighted by Crippen LogP contribution is 2.24. The standard InChI is InChI=1S/C16H25BrN6O.HI/c1-3-18-15(20-12-5-4-6-12)22-7-9-23(10-8-22)16-19-11-13(17)14(21-16)24-2;/h11-12H,3-10H2,1-2H3,(H,18,20);1H. The first-order chi connectivity index (χ1) is 11.7. The van der Waals surface area contributed by atoms with E-state index in [1.54, 1.807) is 13.3 Å². The van der Waals surface area contributed by atoms with Crippen molar-refractivity contribution >= 4 is 51.8 Å². The molecule has 0 atom stereocenters. The fourth-order valence-electron chi connectivity index (χ4n) is 2.88. The van der Waals surface area contributed by atoms with Crippen LogP contribution < -0.4 is 15.0 Å². The van der Waals surface area contributed by atoms with Gasteiger partial charge in [0.2, 0.25) is 11.8 Å². The predicted octanol–water partition coefficient (Wildman–Crippen LogP) is 2.51. The Morgan fingerprint density at radius 2 is 2.08 bits per heavy atom. The van der Waals surface area contributed by atoms with E-state index in [9.17, 15) is 0 Å². The number of aromatic nitrogens is 2. The van der Waals surface area contributed by atoms with Crippen LogP contribution in [0.2, 0.25) is 0 Å². The number of nitrogens with zero attached hydrogens (tertiary/aromatic N) is 5. The second kappa shape index (κ2) is 9.75. The van der Waals surface area contributed by atoms with Gasteiger partial charge in [0.1, 0.15) is 0 Å². The van der Waals surface area contributed by atoms with Gasteiger partial charge in [-0.25, -0.2) is 4.98 Å². The van der Waals surface area contributed by atoms with E-state index in [1.807, 2.05) is 0 Å². The minimum absolute atomic E-state index is 0. The Labute approximate surface area is 174 Å². The van der Waals surface area contributed by atoms with Gasteiger partial charge in [-0.1, -0.05) is 0 Å². The van der Waals surface area contributed by atoms with Crippen LogP contribution in [-0.4, -0.2) is 66.7 Å². The van der Waals surface area contributed by atoms with Crippen molar-refractivity contribution in [1.82, 2.24) is 20.2 Å². The summed E-state index contributed by atoms with van der Waals surface area (Å²) < 4.78 is 6.04. The number of halogens is 2. The number of methoxy groups -OCH3 is 1. The summed E-state index contributed by atoms with van der Waals surface area (Å²) >= 11 is 3.39. The summed E-state index contributed by atoms with van der Waals surface area (Å²) in [5.74, 6) is 2.34. The molecule has 0 radical (unpaired) electrons. The van der Waals surface area contributed by atoms with E-state index < -0.39 is 0 Å². The number of hydrogen-bond donors (Lipinski definition) is 1. The molecule has 1 saturated heterocycles. The van der Waals surface area contributed by atoms with Crippen LogP contribution in [-0.2, 0) is 0 Å². The normalized spacial score (nSPS) is 18.4. The maximum Gasteiger partial charge on any atom is 0.232 e. The minimum Gasteiger partial charge on any atom is -0.480 e. The largest absolute Gasteiger partial charge is 0.480 e. The zero-order valence-corrected chi connectivity index (χ0v) is 18.7. The third-order valence-electron chi connectivity index (χ3n) is 4.50. The van der Waals surface area contributed by atoms with Crippen LogP contribution in [0.3, 0.4) is 0 Å². The number of hydrogen-bond acceptors (Lipinski definition) is 5. The molecule has 140 valence electrons. The lowest BCUT2D eigenvalue weighted by molar-refractivity contribution is 0.330. The van der Waals surface area contributed by atoms with Crippen LogP contribution in [0.25, 0.3) is 0 Å². The summed E-state index contributed by atoms with van der Waals surface area (Å²) in [5, 5.41) is 3.60. The topological polar surface area (TPSA) is 65.9 Å². The van der Waals surface area contributed by atoms with Gasteiger partial charge in [-0.2, -0.15) is 4.98 Å². The van der Waals surface area contributed by atoms with Gasteiger partial charge in [0.15, 0.2) is 5.96 Å². The van der Waals surface area contributed by atoms with Crippen molar-refractivity contribution in [2.45, 2.75) is 32.2 Å². The van der Waals surface area contributed by atoms with E-state index in [0.717, 1.165) is 49.1 Å². The predicted molar refractivity (Wildman–Crippen MR) is 114 cm³/mol. The van der Waals surface area contributed by atoms with Crippen molar-refractivity contribution in [3.05, 3.63) is 10.7 Å². The van der Waals surface area contributed by atoms with Crippen LogP contribution in [0.5, 0.6) is 5.88 Å². The zero-order valence-electron chi connectivity index (χ0n) is 14.7. The van der Waals surface area contributed by atoms with E-state index in [4.69, 9.17) is 4.74 Å². The Balaban J connectivity index is 0.00000225. The van der Waals surface area contributed by atoms with Crippen molar-refractivity contribution in [3.8, 4) is 5.88 Å². The van der Waals surface area contributed by atoms with E-state index in [0.29, 0.717) is 11.9 Å². The van der Waals surface area contributed by atoms with Crippen LogP contribution in [0, 0.1) is 0 Å². The third kappa shape index (κ3) is 5.08. The monoisotopic (exact) mass is 524 g/mol. The van der Waals surface area contributed by atoms with Crippen LogP contribution in [0.4, 0.5) is 5.95 Å². The molecule has 0 spiro atoms. The SMILES string of the molecule is CCN=C(NC1CCC1)N1CCN(c2ncc(Br)c(OC)n2)CC1.I.